The van der Waals surface area contributed by atoms with Gasteiger partial charge in [0.1, 0.15) is 0 Å². The smallest absolute Gasteiger partial charge is 0.335 e. The molecule has 0 saturated carbocycles. The van der Waals surface area contributed by atoms with E-state index in [0.29, 0.717) is 12.1 Å². The zero-order chi connectivity index (χ0) is 15.4. The number of carboxylic acids is 1. The third kappa shape index (κ3) is 3.54. The molecule has 2 N–H and O–H groups in total. The molecular weight excluding hydrogens is 268 g/mol. The van der Waals surface area contributed by atoms with Gasteiger partial charge in [0.15, 0.2) is 0 Å². The van der Waals surface area contributed by atoms with E-state index in [0.717, 1.165) is 37.1 Å². The molecule has 0 atom stereocenters. The van der Waals surface area contributed by atoms with Crippen LogP contribution >= 0.6 is 0 Å². The van der Waals surface area contributed by atoms with Crippen LogP contribution in [0.3, 0.4) is 0 Å². The molecule has 1 amide bonds. The quantitative estimate of drug-likeness (QED) is 0.841. The highest BCUT2D eigenvalue weighted by Crippen LogP contribution is 2.28. The minimum atomic E-state index is -0.914. The van der Waals surface area contributed by atoms with Crippen molar-refractivity contribution in [3.63, 3.8) is 0 Å². The van der Waals surface area contributed by atoms with Crippen molar-refractivity contribution in [2.45, 2.75) is 39.2 Å². The van der Waals surface area contributed by atoms with E-state index >= 15 is 0 Å². The second-order valence-electron chi connectivity index (χ2n) is 5.40. The summed E-state index contributed by atoms with van der Waals surface area (Å²) in [6, 6.07) is 5.33. The average molecular weight is 290 g/mol. The second-order valence-corrected chi connectivity index (χ2v) is 5.40. The molecule has 0 radical (unpaired) electrons. The Kier molecular flexibility index (Phi) is 4.83. The zero-order valence-corrected chi connectivity index (χ0v) is 12.6. The summed E-state index contributed by atoms with van der Waals surface area (Å²) in [6.07, 6.45) is 2.65. The molecule has 5 nitrogen and oxygen atoms in total. The van der Waals surface area contributed by atoms with Crippen molar-refractivity contribution >= 4 is 17.6 Å². The number of fused-ring (bicyclic) bond motifs is 1. The summed E-state index contributed by atoms with van der Waals surface area (Å²) >= 11 is 0. The van der Waals surface area contributed by atoms with Crippen molar-refractivity contribution in [2.75, 3.05) is 18.0 Å². The molecule has 0 aliphatic carbocycles. The van der Waals surface area contributed by atoms with Crippen LogP contribution in [-0.4, -0.2) is 36.1 Å². The summed E-state index contributed by atoms with van der Waals surface area (Å²) in [5, 5.41) is 12.0. The first kappa shape index (κ1) is 15.4. The highest BCUT2D eigenvalue weighted by Gasteiger charge is 2.22. The SMILES string of the molecule is CCC(CC)NC(=O)CN1CCc2cc(C(=O)O)ccc21. The van der Waals surface area contributed by atoms with Crippen LogP contribution in [0.15, 0.2) is 18.2 Å². The molecule has 0 spiro atoms. The number of carboxylic acid groups (broad SMARTS) is 1. The van der Waals surface area contributed by atoms with Gasteiger partial charge >= 0.3 is 5.97 Å². The number of amides is 1. The van der Waals surface area contributed by atoms with Gasteiger partial charge in [-0.1, -0.05) is 13.8 Å². The number of carbonyl (C=O) groups excluding carboxylic acids is 1. The summed E-state index contributed by atoms with van der Waals surface area (Å²) in [7, 11) is 0. The topological polar surface area (TPSA) is 69.6 Å². The molecule has 21 heavy (non-hydrogen) atoms. The summed E-state index contributed by atoms with van der Waals surface area (Å²) in [5.74, 6) is -0.887. The van der Waals surface area contributed by atoms with Crippen LogP contribution < -0.4 is 10.2 Å². The van der Waals surface area contributed by atoms with Crippen molar-refractivity contribution < 1.29 is 14.7 Å². The van der Waals surface area contributed by atoms with Crippen molar-refractivity contribution in [3.8, 4) is 0 Å². The standard InChI is InChI=1S/C16H22N2O3/c1-3-13(4-2)17-15(19)10-18-8-7-11-9-12(16(20)21)5-6-14(11)18/h5-6,9,13H,3-4,7-8,10H2,1-2H3,(H,17,19)(H,20,21). The number of benzene rings is 1. The maximum absolute atomic E-state index is 12.1. The predicted molar refractivity (Wildman–Crippen MR) is 81.8 cm³/mol. The molecule has 1 aromatic rings. The summed E-state index contributed by atoms with van der Waals surface area (Å²) < 4.78 is 0. The van der Waals surface area contributed by atoms with Crippen molar-refractivity contribution in [1.29, 1.82) is 0 Å². The molecule has 1 aliphatic rings. The normalized spacial score (nSPS) is 13.4. The first-order chi connectivity index (χ1) is 10.0. The Hall–Kier alpha value is -2.04. The molecule has 0 aromatic heterocycles. The molecule has 0 bridgehead atoms. The fourth-order valence-electron chi connectivity index (χ4n) is 2.71. The van der Waals surface area contributed by atoms with Crippen LogP contribution in [0.2, 0.25) is 0 Å². The Morgan fingerprint density at radius 2 is 2.05 bits per heavy atom. The molecule has 1 aromatic carbocycles. The second kappa shape index (κ2) is 6.61. The van der Waals surface area contributed by atoms with Crippen LogP contribution in [0.25, 0.3) is 0 Å². The number of nitrogens with zero attached hydrogens (tertiary/aromatic N) is 1. The van der Waals surface area contributed by atoms with Gasteiger partial charge in [-0.25, -0.2) is 4.79 Å². The van der Waals surface area contributed by atoms with Crippen molar-refractivity contribution in [3.05, 3.63) is 29.3 Å². The third-order valence-electron chi connectivity index (χ3n) is 4.00. The van der Waals surface area contributed by atoms with E-state index in [1.54, 1.807) is 18.2 Å². The highest BCUT2D eigenvalue weighted by molar-refractivity contribution is 5.89. The van der Waals surface area contributed by atoms with Gasteiger partial charge in [-0.3, -0.25) is 4.79 Å². The van der Waals surface area contributed by atoms with E-state index in [9.17, 15) is 9.59 Å². The minimum Gasteiger partial charge on any atom is -0.478 e. The molecule has 114 valence electrons. The number of anilines is 1. The lowest BCUT2D eigenvalue weighted by Gasteiger charge is -2.21. The van der Waals surface area contributed by atoms with E-state index < -0.39 is 5.97 Å². The molecular formula is C16H22N2O3. The molecule has 0 unspecified atom stereocenters. The van der Waals surface area contributed by atoms with Gasteiger partial charge in [0.05, 0.1) is 12.1 Å². The zero-order valence-electron chi connectivity index (χ0n) is 12.6. The Morgan fingerprint density at radius 1 is 1.33 bits per heavy atom. The van der Waals surface area contributed by atoms with Crippen LogP contribution in [0.1, 0.15) is 42.6 Å². The van der Waals surface area contributed by atoms with E-state index in [-0.39, 0.29) is 11.9 Å². The van der Waals surface area contributed by atoms with Gasteiger partial charge in [-0.05, 0) is 43.0 Å². The van der Waals surface area contributed by atoms with Crippen molar-refractivity contribution in [1.82, 2.24) is 5.32 Å². The number of hydrogen-bond acceptors (Lipinski definition) is 3. The minimum absolute atomic E-state index is 0.0267. The molecule has 5 heteroatoms. The first-order valence-corrected chi connectivity index (χ1v) is 7.45. The number of nitrogens with one attached hydrogen (secondary N) is 1. The lowest BCUT2D eigenvalue weighted by Crippen LogP contribution is -2.41. The van der Waals surface area contributed by atoms with Crippen LogP contribution in [0, 0.1) is 0 Å². The lowest BCUT2D eigenvalue weighted by molar-refractivity contribution is -0.120. The number of hydrogen-bond donors (Lipinski definition) is 2. The van der Waals surface area contributed by atoms with Gasteiger partial charge in [0, 0.05) is 18.3 Å². The van der Waals surface area contributed by atoms with Gasteiger partial charge in [0.2, 0.25) is 5.91 Å². The maximum Gasteiger partial charge on any atom is 0.335 e. The predicted octanol–water partition coefficient (Wildman–Crippen LogP) is 2.05. The van der Waals surface area contributed by atoms with E-state index in [1.165, 1.54) is 0 Å². The largest absolute Gasteiger partial charge is 0.478 e. The molecule has 1 heterocycles. The van der Waals surface area contributed by atoms with E-state index in [2.05, 4.69) is 19.2 Å². The highest BCUT2D eigenvalue weighted by atomic mass is 16.4. The van der Waals surface area contributed by atoms with Gasteiger partial charge < -0.3 is 15.3 Å². The monoisotopic (exact) mass is 290 g/mol. The first-order valence-electron chi connectivity index (χ1n) is 7.45. The average Bonchev–Trinajstić information content (AvgIpc) is 2.87. The fraction of sp³-hybridized carbons (Fsp3) is 0.500. The van der Waals surface area contributed by atoms with Crippen molar-refractivity contribution in [2.24, 2.45) is 0 Å². The Balaban J connectivity index is 2.02. The lowest BCUT2D eigenvalue weighted by atomic mass is 10.1. The number of carbonyl (C=O) groups is 2. The van der Waals surface area contributed by atoms with Crippen LogP contribution in [-0.2, 0) is 11.2 Å². The molecule has 0 saturated heterocycles. The Labute approximate surface area is 125 Å². The Morgan fingerprint density at radius 3 is 2.67 bits per heavy atom. The summed E-state index contributed by atoms with van der Waals surface area (Å²) in [4.78, 5) is 25.0. The number of rotatable bonds is 6. The van der Waals surface area contributed by atoms with Gasteiger partial charge in [-0.15, -0.1) is 0 Å². The summed E-state index contributed by atoms with van der Waals surface area (Å²) in [5.41, 5.74) is 2.28. The van der Waals surface area contributed by atoms with Crippen LogP contribution in [0.4, 0.5) is 5.69 Å². The van der Waals surface area contributed by atoms with Gasteiger partial charge in [-0.2, -0.15) is 0 Å². The van der Waals surface area contributed by atoms with E-state index in [4.69, 9.17) is 5.11 Å². The van der Waals surface area contributed by atoms with E-state index in [1.807, 2.05) is 4.90 Å². The van der Waals surface area contributed by atoms with Gasteiger partial charge in [0.25, 0.3) is 0 Å². The Bertz CT molecular complexity index is 538. The maximum atomic E-state index is 12.1. The third-order valence-corrected chi connectivity index (χ3v) is 4.00. The summed E-state index contributed by atoms with van der Waals surface area (Å²) in [6.45, 7) is 5.21. The van der Waals surface area contributed by atoms with Crippen LogP contribution in [0.5, 0.6) is 0 Å². The number of aromatic carboxylic acids is 1. The molecule has 1 aliphatic heterocycles. The fourth-order valence-corrected chi connectivity index (χ4v) is 2.71. The molecule has 0 fully saturated rings. The molecule has 2 rings (SSSR count).